The Morgan fingerprint density at radius 2 is 2.27 bits per heavy atom. The number of aliphatic hydroxyl groups excluding tert-OH is 1. The minimum atomic E-state index is -0.214. The third kappa shape index (κ3) is 2.65. The molecule has 1 atom stereocenters. The smallest absolute Gasteiger partial charge is 0.0909 e. The van der Waals surface area contributed by atoms with Crippen molar-refractivity contribution < 1.29 is 5.11 Å². The molecule has 1 unspecified atom stereocenters. The zero-order chi connectivity index (χ0) is 8.10. The van der Waals surface area contributed by atoms with Gasteiger partial charge >= 0.3 is 0 Å². The summed E-state index contributed by atoms with van der Waals surface area (Å²) in [4.78, 5) is 2.70. The molecule has 1 fully saturated rings. The van der Waals surface area contributed by atoms with E-state index < -0.39 is 0 Å². The lowest BCUT2D eigenvalue weighted by Gasteiger charge is -2.08. The van der Waals surface area contributed by atoms with Crippen molar-refractivity contribution in [1.82, 2.24) is 5.01 Å². The van der Waals surface area contributed by atoms with Gasteiger partial charge in [-0.3, -0.25) is 0 Å². The van der Waals surface area contributed by atoms with E-state index in [-0.39, 0.29) is 6.10 Å². The summed E-state index contributed by atoms with van der Waals surface area (Å²) in [6, 6.07) is 0. The number of aliphatic hydroxyl groups is 1. The van der Waals surface area contributed by atoms with E-state index in [1.165, 1.54) is 0 Å². The molecule has 62 valence electrons. The molecule has 0 saturated carbocycles. The van der Waals surface area contributed by atoms with Crippen molar-refractivity contribution >= 4 is 0 Å². The van der Waals surface area contributed by atoms with Crippen LogP contribution >= 0.6 is 0 Å². The summed E-state index contributed by atoms with van der Waals surface area (Å²) >= 11 is 0. The molecule has 11 heavy (non-hydrogen) atoms. The SMILES string of the molecule is [N-]=[N+]=NN1CCCC(O)CC1. The van der Waals surface area contributed by atoms with Crippen LogP contribution in [-0.2, 0) is 0 Å². The Balaban J connectivity index is 2.39. The Bertz CT molecular complexity index is 166. The molecule has 0 aromatic heterocycles. The molecular formula is C6H12N4O. The highest BCUT2D eigenvalue weighted by atomic mass is 16.3. The summed E-state index contributed by atoms with van der Waals surface area (Å²) in [6.07, 6.45) is 2.21. The highest BCUT2D eigenvalue weighted by molar-refractivity contribution is 4.66. The second-order valence-electron chi connectivity index (χ2n) is 2.72. The second-order valence-corrected chi connectivity index (χ2v) is 2.72. The first-order valence-corrected chi connectivity index (χ1v) is 3.81. The van der Waals surface area contributed by atoms with Crippen molar-refractivity contribution in [2.75, 3.05) is 13.1 Å². The van der Waals surface area contributed by atoms with Crippen molar-refractivity contribution in [3.05, 3.63) is 10.4 Å². The van der Waals surface area contributed by atoms with E-state index in [4.69, 9.17) is 5.53 Å². The summed E-state index contributed by atoms with van der Waals surface area (Å²) < 4.78 is 0. The van der Waals surface area contributed by atoms with Gasteiger partial charge in [0.1, 0.15) is 0 Å². The lowest BCUT2D eigenvalue weighted by Crippen LogP contribution is -2.17. The summed E-state index contributed by atoms with van der Waals surface area (Å²) in [7, 11) is 0. The maximum atomic E-state index is 9.21. The van der Waals surface area contributed by atoms with Gasteiger partial charge in [0.05, 0.1) is 19.2 Å². The molecule has 0 radical (unpaired) electrons. The Morgan fingerprint density at radius 3 is 3.00 bits per heavy atom. The van der Waals surface area contributed by atoms with Crippen molar-refractivity contribution in [3.63, 3.8) is 0 Å². The Hall–Kier alpha value is -0.930. The summed E-state index contributed by atoms with van der Waals surface area (Å²) in [5.41, 5.74) is 8.13. The van der Waals surface area contributed by atoms with Gasteiger partial charge in [-0.1, -0.05) is 0 Å². The highest BCUT2D eigenvalue weighted by Crippen LogP contribution is 2.10. The molecule has 0 amide bonds. The number of rotatable bonds is 1. The van der Waals surface area contributed by atoms with E-state index in [1.54, 1.807) is 5.01 Å². The van der Waals surface area contributed by atoms with E-state index in [1.807, 2.05) is 0 Å². The van der Waals surface area contributed by atoms with Crippen LogP contribution in [0.1, 0.15) is 19.3 Å². The first-order chi connectivity index (χ1) is 5.33. The largest absolute Gasteiger partial charge is 0.393 e. The van der Waals surface area contributed by atoms with Gasteiger partial charge in [0.25, 0.3) is 0 Å². The van der Waals surface area contributed by atoms with Crippen molar-refractivity contribution in [2.24, 2.45) is 5.22 Å². The molecule has 1 heterocycles. The van der Waals surface area contributed by atoms with Gasteiger partial charge in [0.2, 0.25) is 0 Å². The number of azide groups is 1. The number of hydrogen-bond donors (Lipinski definition) is 1. The molecule has 0 aliphatic carbocycles. The van der Waals surface area contributed by atoms with Crippen LogP contribution in [0.4, 0.5) is 0 Å². The summed E-state index contributed by atoms with van der Waals surface area (Å²) in [5, 5.41) is 14.4. The van der Waals surface area contributed by atoms with Crippen LogP contribution in [0.5, 0.6) is 0 Å². The molecule has 0 aromatic rings. The van der Waals surface area contributed by atoms with Crippen molar-refractivity contribution in [1.29, 1.82) is 0 Å². The zero-order valence-electron chi connectivity index (χ0n) is 6.35. The van der Waals surface area contributed by atoms with Crippen LogP contribution in [0.15, 0.2) is 5.22 Å². The van der Waals surface area contributed by atoms with Crippen molar-refractivity contribution in [3.8, 4) is 0 Å². The third-order valence-corrected chi connectivity index (χ3v) is 1.84. The average Bonchev–Trinajstić information content (AvgIpc) is 2.17. The number of nitrogens with zero attached hydrogens (tertiary/aromatic N) is 4. The lowest BCUT2D eigenvalue weighted by molar-refractivity contribution is 0.155. The Kier molecular flexibility index (Phi) is 3.01. The average molecular weight is 156 g/mol. The van der Waals surface area contributed by atoms with Gasteiger partial charge in [0, 0.05) is 6.42 Å². The maximum Gasteiger partial charge on any atom is 0.0909 e. The Labute approximate surface area is 65.2 Å². The predicted molar refractivity (Wildman–Crippen MR) is 40.6 cm³/mol. The van der Waals surface area contributed by atoms with Gasteiger partial charge < -0.3 is 5.11 Å². The van der Waals surface area contributed by atoms with E-state index in [2.05, 4.69) is 10.1 Å². The van der Waals surface area contributed by atoms with Gasteiger partial charge in [-0.25, -0.2) is 5.01 Å². The van der Waals surface area contributed by atoms with Gasteiger partial charge in [0.15, 0.2) is 0 Å². The maximum absolute atomic E-state index is 9.21. The van der Waals surface area contributed by atoms with E-state index in [9.17, 15) is 5.11 Å². The standard InChI is InChI=1S/C6H12N4O/c7-8-9-10-4-1-2-6(11)3-5-10/h6,11H,1-5H2. The van der Waals surface area contributed by atoms with Crippen LogP contribution in [0.2, 0.25) is 0 Å². The highest BCUT2D eigenvalue weighted by Gasteiger charge is 2.14. The minimum absolute atomic E-state index is 0.214. The molecule has 5 heteroatoms. The predicted octanol–water partition coefficient (Wildman–Crippen LogP) is 1.06. The summed E-state index contributed by atoms with van der Waals surface area (Å²) in [5.74, 6) is 0. The number of hydrogen-bond acceptors (Lipinski definition) is 2. The van der Waals surface area contributed by atoms with Crippen LogP contribution < -0.4 is 0 Å². The lowest BCUT2D eigenvalue weighted by atomic mass is 10.2. The van der Waals surface area contributed by atoms with E-state index >= 15 is 0 Å². The first kappa shape index (κ1) is 8.17. The summed E-state index contributed by atoms with van der Waals surface area (Å²) in [6.45, 7) is 1.44. The Morgan fingerprint density at radius 1 is 1.45 bits per heavy atom. The van der Waals surface area contributed by atoms with E-state index in [0.29, 0.717) is 13.0 Å². The van der Waals surface area contributed by atoms with Crippen LogP contribution in [0.25, 0.3) is 10.4 Å². The minimum Gasteiger partial charge on any atom is -0.393 e. The molecule has 5 nitrogen and oxygen atoms in total. The molecule has 0 aromatic carbocycles. The first-order valence-electron chi connectivity index (χ1n) is 3.81. The fourth-order valence-corrected chi connectivity index (χ4v) is 1.21. The monoisotopic (exact) mass is 156 g/mol. The fourth-order valence-electron chi connectivity index (χ4n) is 1.21. The molecule has 1 N–H and O–H groups in total. The fraction of sp³-hybridized carbons (Fsp3) is 1.00. The van der Waals surface area contributed by atoms with Crippen LogP contribution in [-0.4, -0.2) is 29.3 Å². The quantitative estimate of drug-likeness (QED) is 0.350. The molecule has 1 aliphatic heterocycles. The van der Waals surface area contributed by atoms with Gasteiger partial charge in [-0.15, -0.1) is 5.53 Å². The molecule has 1 saturated heterocycles. The second kappa shape index (κ2) is 4.05. The van der Waals surface area contributed by atoms with Gasteiger partial charge in [-0.2, -0.15) is 4.91 Å². The van der Waals surface area contributed by atoms with Crippen molar-refractivity contribution in [2.45, 2.75) is 25.4 Å². The molecule has 1 rings (SSSR count). The third-order valence-electron chi connectivity index (χ3n) is 1.84. The normalized spacial score (nSPS) is 25.5. The topological polar surface area (TPSA) is 72.2 Å². The molecule has 0 bridgehead atoms. The van der Waals surface area contributed by atoms with Crippen LogP contribution in [0.3, 0.4) is 0 Å². The van der Waals surface area contributed by atoms with Crippen LogP contribution in [0, 0.1) is 0 Å². The zero-order valence-corrected chi connectivity index (χ0v) is 6.35. The molecule has 0 spiro atoms. The molecular weight excluding hydrogens is 144 g/mol. The molecule has 1 aliphatic rings. The van der Waals surface area contributed by atoms with Gasteiger partial charge in [-0.05, 0) is 18.1 Å². The van der Waals surface area contributed by atoms with E-state index in [0.717, 1.165) is 19.4 Å².